The van der Waals surface area contributed by atoms with E-state index >= 15 is 0 Å². The van der Waals surface area contributed by atoms with E-state index in [2.05, 4.69) is 15.0 Å². The van der Waals surface area contributed by atoms with E-state index in [0.717, 1.165) is 6.07 Å². The Kier molecular flexibility index (Phi) is 3.14. The van der Waals surface area contributed by atoms with Gasteiger partial charge in [0, 0.05) is 41.2 Å². The molecule has 6 heteroatoms. The first-order chi connectivity index (χ1) is 11.7. The first-order valence-electron chi connectivity index (χ1n) is 7.08. The molecule has 0 amide bonds. The van der Waals surface area contributed by atoms with Crippen molar-refractivity contribution < 1.29 is 8.78 Å². The summed E-state index contributed by atoms with van der Waals surface area (Å²) in [4.78, 5) is 12.3. The smallest absolute Gasteiger partial charge is 0.216 e. The van der Waals surface area contributed by atoms with Crippen molar-refractivity contribution in [3.63, 3.8) is 0 Å². The minimum Gasteiger partial charge on any atom is -0.254 e. The maximum absolute atomic E-state index is 13.6. The van der Waals surface area contributed by atoms with Gasteiger partial charge in [-0.15, -0.1) is 0 Å². The summed E-state index contributed by atoms with van der Waals surface area (Å²) in [5.41, 5.74) is 3.19. The zero-order valence-electron chi connectivity index (χ0n) is 12.2. The number of allylic oxidation sites excluding steroid dienone is 1. The molecule has 114 valence electrons. The fraction of sp³-hybridized carbons (Fsp3) is 0. The van der Waals surface area contributed by atoms with E-state index < -0.39 is 11.8 Å². The van der Waals surface area contributed by atoms with Crippen LogP contribution in [-0.4, -0.2) is 15.0 Å². The molecule has 0 saturated carbocycles. The van der Waals surface area contributed by atoms with Crippen molar-refractivity contribution >= 4 is 11.1 Å². The number of hydrogen-bond acceptors (Lipinski definition) is 4. The van der Waals surface area contributed by atoms with Crippen LogP contribution in [0.2, 0.25) is 0 Å². The number of hydrogen-bond donors (Lipinski definition) is 0. The normalized spacial score (nSPS) is 11.6. The fourth-order valence-corrected chi connectivity index (χ4v) is 2.84. The maximum Gasteiger partial charge on any atom is 0.216 e. The van der Waals surface area contributed by atoms with Gasteiger partial charge in [-0.2, -0.15) is 9.65 Å². The van der Waals surface area contributed by atoms with Gasteiger partial charge < -0.3 is 0 Å². The molecule has 0 unspecified atom stereocenters. The minimum absolute atomic E-state index is 0.0588. The van der Waals surface area contributed by atoms with Gasteiger partial charge in [0.05, 0.1) is 22.7 Å². The van der Waals surface area contributed by atoms with E-state index in [9.17, 15) is 14.0 Å². The summed E-state index contributed by atoms with van der Waals surface area (Å²) < 4.78 is 27.1. The monoisotopic (exact) mass is 318 g/mol. The Morgan fingerprint density at radius 3 is 2.12 bits per heavy atom. The molecule has 1 aliphatic carbocycles. The molecule has 3 aromatic rings. The number of pyridine rings is 3. The van der Waals surface area contributed by atoms with Gasteiger partial charge >= 0.3 is 0 Å². The van der Waals surface area contributed by atoms with E-state index in [0.29, 0.717) is 34.2 Å². The summed E-state index contributed by atoms with van der Waals surface area (Å²) in [7, 11) is 0. The van der Waals surface area contributed by atoms with E-state index in [1.165, 1.54) is 0 Å². The van der Waals surface area contributed by atoms with Crippen LogP contribution in [-0.2, 0) is 0 Å². The van der Waals surface area contributed by atoms with Gasteiger partial charge in [-0.25, -0.2) is 9.37 Å². The molecule has 0 radical (unpaired) electrons. The Labute approximate surface area is 135 Å². The van der Waals surface area contributed by atoms with Crippen molar-refractivity contribution in [2.45, 2.75) is 0 Å². The van der Waals surface area contributed by atoms with Gasteiger partial charge in [0.1, 0.15) is 11.9 Å². The zero-order valence-corrected chi connectivity index (χ0v) is 12.2. The number of nitrogens with zero attached hydrogens (tertiary/aromatic N) is 4. The highest BCUT2D eigenvalue weighted by Crippen LogP contribution is 2.44. The highest BCUT2D eigenvalue weighted by Gasteiger charge is 2.29. The third-order valence-corrected chi connectivity index (χ3v) is 3.76. The van der Waals surface area contributed by atoms with Gasteiger partial charge in [0.25, 0.3) is 0 Å². The summed E-state index contributed by atoms with van der Waals surface area (Å²) in [6, 6.07) is 10.8. The molecular formula is C18H8F2N4. The second-order valence-corrected chi connectivity index (χ2v) is 5.15. The van der Waals surface area contributed by atoms with Crippen molar-refractivity contribution in [3.8, 4) is 17.5 Å². The van der Waals surface area contributed by atoms with Crippen LogP contribution in [0, 0.1) is 23.1 Å². The van der Waals surface area contributed by atoms with Gasteiger partial charge in [0.15, 0.2) is 0 Å². The zero-order chi connectivity index (χ0) is 16.7. The third-order valence-electron chi connectivity index (χ3n) is 3.76. The van der Waals surface area contributed by atoms with Crippen LogP contribution >= 0.6 is 0 Å². The molecule has 0 atom stereocenters. The highest BCUT2D eigenvalue weighted by molar-refractivity contribution is 6.11. The number of nitriles is 1. The molecule has 3 aromatic heterocycles. The average molecular weight is 318 g/mol. The fourth-order valence-electron chi connectivity index (χ4n) is 2.84. The van der Waals surface area contributed by atoms with Crippen molar-refractivity contribution in [2.24, 2.45) is 0 Å². The van der Waals surface area contributed by atoms with Crippen LogP contribution in [0.15, 0.2) is 48.8 Å². The van der Waals surface area contributed by atoms with Gasteiger partial charge in [-0.05, 0) is 12.1 Å². The summed E-state index contributed by atoms with van der Waals surface area (Å²) in [5, 5.41) is 9.64. The second-order valence-electron chi connectivity index (χ2n) is 5.15. The van der Waals surface area contributed by atoms with Crippen LogP contribution in [0.1, 0.15) is 16.8 Å². The topological polar surface area (TPSA) is 62.5 Å². The van der Waals surface area contributed by atoms with Crippen molar-refractivity contribution in [3.05, 3.63) is 77.4 Å². The largest absolute Gasteiger partial charge is 0.254 e. The highest BCUT2D eigenvalue weighted by atomic mass is 19.1. The number of rotatable bonds is 1. The molecule has 0 aromatic carbocycles. The summed E-state index contributed by atoms with van der Waals surface area (Å²) >= 11 is 0. The molecule has 0 spiro atoms. The predicted octanol–water partition coefficient (Wildman–Crippen LogP) is 3.61. The van der Waals surface area contributed by atoms with Crippen molar-refractivity contribution in [2.75, 3.05) is 0 Å². The van der Waals surface area contributed by atoms with Gasteiger partial charge in [-0.1, -0.05) is 12.1 Å². The molecule has 4 nitrogen and oxygen atoms in total. The predicted molar refractivity (Wildman–Crippen MR) is 83.2 cm³/mol. The SMILES string of the molecule is N#CC(=C1c2cccnc2-c2ncccc21)c1cc(F)cc(F)n1. The second kappa shape index (κ2) is 5.32. The summed E-state index contributed by atoms with van der Waals surface area (Å²) in [5.74, 6) is -1.77. The van der Waals surface area contributed by atoms with Crippen LogP contribution in [0.5, 0.6) is 0 Å². The Bertz CT molecular complexity index is 983. The first-order valence-corrected chi connectivity index (χ1v) is 7.08. The van der Waals surface area contributed by atoms with Gasteiger partial charge in [-0.3, -0.25) is 9.97 Å². The molecule has 1 aliphatic rings. The van der Waals surface area contributed by atoms with Gasteiger partial charge in [0.2, 0.25) is 5.95 Å². The maximum atomic E-state index is 13.6. The summed E-state index contributed by atoms with van der Waals surface area (Å²) in [6.07, 6.45) is 3.26. The summed E-state index contributed by atoms with van der Waals surface area (Å²) in [6.45, 7) is 0. The van der Waals surface area contributed by atoms with Crippen LogP contribution in [0.25, 0.3) is 22.5 Å². The molecule has 4 rings (SSSR count). The Balaban J connectivity index is 2.09. The quantitative estimate of drug-likeness (QED) is 0.397. The van der Waals surface area contributed by atoms with Crippen molar-refractivity contribution in [1.82, 2.24) is 15.0 Å². The van der Waals surface area contributed by atoms with E-state index in [4.69, 9.17) is 0 Å². The molecule has 0 saturated heterocycles. The lowest BCUT2D eigenvalue weighted by Gasteiger charge is -2.07. The molecule has 0 fully saturated rings. The number of aromatic nitrogens is 3. The first kappa shape index (κ1) is 14.2. The Hall–Kier alpha value is -3.46. The molecular weight excluding hydrogens is 310 g/mol. The molecule has 3 heterocycles. The lowest BCUT2D eigenvalue weighted by Crippen LogP contribution is -1.97. The number of halogens is 2. The molecule has 24 heavy (non-hydrogen) atoms. The van der Waals surface area contributed by atoms with Crippen molar-refractivity contribution in [1.29, 1.82) is 5.26 Å². The Morgan fingerprint density at radius 1 is 0.958 bits per heavy atom. The lowest BCUT2D eigenvalue weighted by atomic mass is 9.97. The standard InChI is InChI=1S/C18H8F2N4/c19-10-7-14(24-15(20)8-10)13(9-21)16-11-3-1-5-22-17(11)18-12(16)4-2-6-23-18/h1-8H. The van der Waals surface area contributed by atoms with Crippen LogP contribution < -0.4 is 0 Å². The lowest BCUT2D eigenvalue weighted by molar-refractivity contribution is 0.550. The van der Waals surface area contributed by atoms with E-state index in [-0.39, 0.29) is 11.3 Å². The minimum atomic E-state index is -0.978. The third kappa shape index (κ3) is 2.07. The molecule has 0 N–H and O–H groups in total. The molecule has 0 aliphatic heterocycles. The Morgan fingerprint density at radius 2 is 1.58 bits per heavy atom. The molecule has 0 bridgehead atoms. The van der Waals surface area contributed by atoms with Crippen LogP contribution in [0.4, 0.5) is 8.78 Å². The van der Waals surface area contributed by atoms with E-state index in [1.54, 1.807) is 36.7 Å². The van der Waals surface area contributed by atoms with E-state index in [1.807, 2.05) is 6.07 Å². The average Bonchev–Trinajstić information content (AvgIpc) is 2.90. The van der Waals surface area contributed by atoms with Crippen LogP contribution in [0.3, 0.4) is 0 Å². The number of fused-ring (bicyclic) bond motifs is 3.